The minimum absolute atomic E-state index is 0.0940. The summed E-state index contributed by atoms with van der Waals surface area (Å²) in [5.41, 5.74) is 2.32. The smallest absolute Gasteiger partial charge is 0.335 e. The van der Waals surface area contributed by atoms with Crippen LogP contribution in [0.25, 0.3) is 0 Å². The molecule has 2 aromatic rings. The third kappa shape index (κ3) is 5.45. The number of carboxylic acid groups (broad SMARTS) is 1. The Morgan fingerprint density at radius 1 is 0.926 bits per heavy atom. The average Bonchev–Trinajstić information content (AvgIpc) is 2.69. The molecule has 6 nitrogen and oxygen atoms in total. The zero-order valence-corrected chi connectivity index (χ0v) is 15.7. The van der Waals surface area contributed by atoms with E-state index < -0.39 is 5.97 Å². The van der Waals surface area contributed by atoms with Crippen molar-refractivity contribution in [2.24, 2.45) is 0 Å². The van der Waals surface area contributed by atoms with Gasteiger partial charge in [-0.3, -0.25) is 4.90 Å². The topological polar surface area (TPSA) is 72.9 Å². The van der Waals surface area contributed by atoms with Crippen LogP contribution in [0.3, 0.4) is 0 Å². The third-order valence-corrected chi connectivity index (χ3v) is 4.88. The Morgan fingerprint density at radius 2 is 1.52 bits per heavy atom. The van der Waals surface area contributed by atoms with Gasteiger partial charge in [0.05, 0.1) is 5.56 Å². The lowest BCUT2D eigenvalue weighted by atomic mass is 10.1. The molecule has 0 atom stereocenters. The molecular formula is C20H22ClN3O3. The molecule has 142 valence electrons. The molecule has 0 saturated carbocycles. The minimum Gasteiger partial charge on any atom is -0.478 e. The van der Waals surface area contributed by atoms with Gasteiger partial charge in [0.25, 0.3) is 0 Å². The van der Waals surface area contributed by atoms with E-state index in [0.717, 1.165) is 30.2 Å². The summed E-state index contributed by atoms with van der Waals surface area (Å²) in [4.78, 5) is 27.3. The number of carbonyl (C=O) groups is 2. The van der Waals surface area contributed by atoms with Crippen LogP contribution >= 0.6 is 11.6 Å². The first-order valence-electron chi connectivity index (χ1n) is 8.83. The highest BCUT2D eigenvalue weighted by atomic mass is 35.5. The summed E-state index contributed by atoms with van der Waals surface area (Å²) in [5, 5.41) is 12.5. The van der Waals surface area contributed by atoms with Gasteiger partial charge in [0.1, 0.15) is 0 Å². The molecule has 0 spiro atoms. The van der Waals surface area contributed by atoms with Gasteiger partial charge in [0.15, 0.2) is 0 Å². The Bertz CT molecular complexity index is 785. The van der Waals surface area contributed by atoms with Gasteiger partial charge in [-0.25, -0.2) is 9.59 Å². The van der Waals surface area contributed by atoms with Crippen LogP contribution in [0.5, 0.6) is 0 Å². The van der Waals surface area contributed by atoms with Crippen LogP contribution in [0.2, 0.25) is 5.02 Å². The molecule has 27 heavy (non-hydrogen) atoms. The average molecular weight is 388 g/mol. The summed E-state index contributed by atoms with van der Waals surface area (Å²) in [6, 6.07) is 14.3. The molecule has 1 heterocycles. The second-order valence-corrected chi connectivity index (χ2v) is 6.99. The number of hydrogen-bond donors (Lipinski definition) is 2. The van der Waals surface area contributed by atoms with Gasteiger partial charge in [0, 0.05) is 44.3 Å². The second-order valence-electron chi connectivity index (χ2n) is 6.55. The fraction of sp³-hybridized carbons (Fsp3) is 0.300. The van der Waals surface area contributed by atoms with Crippen molar-refractivity contribution in [2.75, 3.05) is 26.2 Å². The van der Waals surface area contributed by atoms with E-state index in [1.54, 1.807) is 24.3 Å². The molecule has 1 aliphatic heterocycles. The third-order valence-electron chi connectivity index (χ3n) is 4.62. The Labute approximate surface area is 163 Å². The summed E-state index contributed by atoms with van der Waals surface area (Å²) in [6.07, 6.45) is 0. The zero-order chi connectivity index (χ0) is 19.2. The summed E-state index contributed by atoms with van der Waals surface area (Å²) in [5.74, 6) is -0.956. The molecular weight excluding hydrogens is 366 g/mol. The Kier molecular flexibility index (Phi) is 6.32. The van der Waals surface area contributed by atoms with Gasteiger partial charge >= 0.3 is 12.0 Å². The molecule has 3 rings (SSSR count). The number of nitrogens with one attached hydrogen (secondary N) is 1. The maximum Gasteiger partial charge on any atom is 0.335 e. The summed E-state index contributed by atoms with van der Waals surface area (Å²) < 4.78 is 0. The maximum absolute atomic E-state index is 12.3. The quantitative estimate of drug-likeness (QED) is 0.827. The molecule has 0 aliphatic carbocycles. The van der Waals surface area contributed by atoms with Crippen molar-refractivity contribution in [3.05, 3.63) is 70.2 Å². The highest BCUT2D eigenvalue weighted by molar-refractivity contribution is 6.30. The monoisotopic (exact) mass is 387 g/mol. The largest absolute Gasteiger partial charge is 0.478 e. The van der Waals surface area contributed by atoms with E-state index in [2.05, 4.69) is 10.2 Å². The molecule has 2 N–H and O–H groups in total. The zero-order valence-electron chi connectivity index (χ0n) is 14.9. The number of carboxylic acids is 1. The summed E-state index contributed by atoms with van der Waals surface area (Å²) >= 11 is 5.91. The fourth-order valence-electron chi connectivity index (χ4n) is 3.01. The molecule has 2 amide bonds. The lowest BCUT2D eigenvalue weighted by Gasteiger charge is -2.34. The molecule has 0 unspecified atom stereocenters. The number of hydrogen-bond acceptors (Lipinski definition) is 3. The number of halogens is 1. The van der Waals surface area contributed by atoms with Crippen molar-refractivity contribution >= 4 is 23.6 Å². The van der Waals surface area contributed by atoms with Crippen LogP contribution in [0.1, 0.15) is 21.5 Å². The van der Waals surface area contributed by atoms with Crippen LogP contribution in [0.4, 0.5) is 4.79 Å². The van der Waals surface area contributed by atoms with Gasteiger partial charge in [-0.1, -0.05) is 35.9 Å². The number of benzene rings is 2. The first-order chi connectivity index (χ1) is 13.0. The van der Waals surface area contributed by atoms with Gasteiger partial charge in [-0.15, -0.1) is 0 Å². The normalized spacial score (nSPS) is 14.8. The number of urea groups is 1. The predicted octanol–water partition coefficient (Wildman–Crippen LogP) is 3.07. The van der Waals surface area contributed by atoms with Crippen LogP contribution in [0.15, 0.2) is 48.5 Å². The van der Waals surface area contributed by atoms with Crippen molar-refractivity contribution < 1.29 is 14.7 Å². The van der Waals surface area contributed by atoms with Gasteiger partial charge in [0.2, 0.25) is 0 Å². The molecule has 0 radical (unpaired) electrons. The Balaban J connectivity index is 1.42. The van der Waals surface area contributed by atoms with Crippen molar-refractivity contribution in [1.82, 2.24) is 15.1 Å². The van der Waals surface area contributed by atoms with Gasteiger partial charge in [-0.05, 0) is 35.4 Å². The van der Waals surface area contributed by atoms with Crippen LogP contribution in [-0.4, -0.2) is 53.1 Å². The van der Waals surface area contributed by atoms with E-state index >= 15 is 0 Å². The number of nitrogens with zero attached hydrogens (tertiary/aromatic N) is 2. The lowest BCUT2D eigenvalue weighted by Crippen LogP contribution is -2.51. The molecule has 0 bridgehead atoms. The van der Waals surface area contributed by atoms with Crippen molar-refractivity contribution in [2.45, 2.75) is 13.1 Å². The number of aromatic carboxylic acids is 1. The lowest BCUT2D eigenvalue weighted by molar-refractivity contribution is 0.0697. The first kappa shape index (κ1) is 19.2. The van der Waals surface area contributed by atoms with Crippen LogP contribution in [0, 0.1) is 0 Å². The van der Waals surface area contributed by atoms with Crippen LogP contribution in [-0.2, 0) is 13.1 Å². The molecule has 1 fully saturated rings. The standard InChI is InChI=1S/C20H22ClN3O3/c21-18-7-3-16(4-8-18)14-23-9-11-24(12-10-23)20(27)22-13-15-1-5-17(6-2-15)19(25)26/h1-8H,9-14H2,(H,22,27)(H,25,26). The van der Waals surface area contributed by atoms with Gasteiger partial charge < -0.3 is 15.3 Å². The van der Waals surface area contributed by atoms with Gasteiger partial charge in [-0.2, -0.15) is 0 Å². The molecule has 1 aliphatic rings. The number of carbonyl (C=O) groups excluding carboxylic acids is 1. The summed E-state index contributed by atoms with van der Waals surface area (Å²) in [6.45, 7) is 4.23. The minimum atomic E-state index is -0.956. The highest BCUT2D eigenvalue weighted by Crippen LogP contribution is 2.13. The van der Waals surface area contributed by atoms with E-state index in [4.69, 9.17) is 16.7 Å². The van der Waals surface area contributed by atoms with E-state index in [9.17, 15) is 9.59 Å². The molecule has 0 aromatic heterocycles. The highest BCUT2D eigenvalue weighted by Gasteiger charge is 2.20. The molecule has 1 saturated heterocycles. The Morgan fingerprint density at radius 3 is 2.11 bits per heavy atom. The number of rotatable bonds is 5. The Hall–Kier alpha value is -2.57. The van der Waals surface area contributed by atoms with Crippen molar-refractivity contribution in [1.29, 1.82) is 0 Å². The number of amides is 2. The van der Waals surface area contributed by atoms with E-state index in [-0.39, 0.29) is 11.6 Å². The van der Waals surface area contributed by atoms with Crippen molar-refractivity contribution in [3.8, 4) is 0 Å². The van der Waals surface area contributed by atoms with E-state index in [0.29, 0.717) is 19.6 Å². The molecule has 2 aromatic carbocycles. The summed E-state index contributed by atoms with van der Waals surface area (Å²) in [7, 11) is 0. The van der Waals surface area contributed by atoms with Crippen molar-refractivity contribution in [3.63, 3.8) is 0 Å². The molecule has 7 heteroatoms. The van der Waals surface area contributed by atoms with E-state index in [1.165, 1.54) is 5.56 Å². The van der Waals surface area contributed by atoms with Crippen LogP contribution < -0.4 is 5.32 Å². The van der Waals surface area contributed by atoms with E-state index in [1.807, 2.05) is 29.2 Å². The maximum atomic E-state index is 12.3. The predicted molar refractivity (Wildman–Crippen MR) is 104 cm³/mol. The SMILES string of the molecule is O=C(O)c1ccc(CNC(=O)N2CCN(Cc3ccc(Cl)cc3)CC2)cc1. The first-order valence-corrected chi connectivity index (χ1v) is 9.21. The number of piperazine rings is 1. The second kappa shape index (κ2) is 8.88. The fourth-order valence-corrected chi connectivity index (χ4v) is 3.14.